The van der Waals surface area contributed by atoms with E-state index in [0.717, 1.165) is 0 Å². The Morgan fingerprint density at radius 2 is 1.44 bits per heavy atom. The van der Waals surface area contributed by atoms with Gasteiger partial charge in [0.05, 0.1) is 12.7 Å². The molecule has 1 unspecified atom stereocenters. The van der Waals surface area contributed by atoms with Crippen LogP contribution >= 0.6 is 0 Å². The minimum Gasteiger partial charge on any atom is -0.406 e. The summed E-state index contributed by atoms with van der Waals surface area (Å²) in [4.78, 5) is 2.00. The van der Waals surface area contributed by atoms with Crippen molar-refractivity contribution in [1.82, 2.24) is 4.90 Å². The maximum absolute atomic E-state index is 9.65. The number of nitrogens with zero attached hydrogens (tertiary/aromatic N) is 1. The minimum atomic E-state index is -2.50. The molecule has 0 amide bonds. The molecule has 0 aliphatic carbocycles. The van der Waals surface area contributed by atoms with Crippen LogP contribution in [0, 0.1) is 0 Å². The highest BCUT2D eigenvalue weighted by atomic mass is 28.4. The van der Waals surface area contributed by atoms with Gasteiger partial charge >= 0.3 is 0 Å². The molecule has 0 fully saturated rings. The SMILES string of the molecule is CN(CCO[Si](c1ccccc1)(c1ccccc1)C(C)(C)C)CC(O)CO. The van der Waals surface area contributed by atoms with Gasteiger partial charge in [0.2, 0.25) is 0 Å². The lowest BCUT2D eigenvalue weighted by atomic mass is 10.2. The van der Waals surface area contributed by atoms with Crippen molar-refractivity contribution >= 4 is 18.7 Å². The van der Waals surface area contributed by atoms with Gasteiger partial charge in [-0.15, -0.1) is 0 Å². The van der Waals surface area contributed by atoms with Crippen LogP contribution in [-0.4, -0.2) is 62.9 Å². The van der Waals surface area contributed by atoms with Gasteiger partial charge in [0.25, 0.3) is 8.32 Å². The standard InChI is InChI=1S/C22H33NO3Si/c1-22(2,3)27(20-11-7-5-8-12-20,21-13-9-6-10-14-21)26-16-15-23(4)17-19(25)18-24/h5-14,19,24-25H,15-18H2,1-4H3. The van der Waals surface area contributed by atoms with Gasteiger partial charge in [-0.2, -0.15) is 0 Å². The molecule has 2 aromatic carbocycles. The Labute approximate surface area is 164 Å². The smallest absolute Gasteiger partial charge is 0.261 e. The number of likely N-dealkylation sites (N-methyl/N-ethyl adjacent to an activating group) is 1. The molecule has 148 valence electrons. The van der Waals surface area contributed by atoms with Crippen LogP contribution in [0.15, 0.2) is 60.7 Å². The molecular formula is C22H33NO3Si. The normalized spacial score (nSPS) is 13.7. The Kier molecular flexibility index (Phi) is 7.76. The molecule has 0 aliphatic rings. The van der Waals surface area contributed by atoms with Crippen LogP contribution in [0.3, 0.4) is 0 Å². The van der Waals surface area contributed by atoms with Crippen LogP contribution in [-0.2, 0) is 4.43 Å². The number of benzene rings is 2. The third-order valence-electron chi connectivity index (χ3n) is 4.94. The summed E-state index contributed by atoms with van der Waals surface area (Å²) in [7, 11) is -0.565. The average Bonchev–Trinajstić information content (AvgIpc) is 2.65. The molecule has 2 rings (SSSR count). The first kappa shape index (κ1) is 21.8. The molecule has 0 saturated carbocycles. The van der Waals surface area contributed by atoms with E-state index in [4.69, 9.17) is 9.53 Å². The van der Waals surface area contributed by atoms with Crippen molar-refractivity contribution in [2.45, 2.75) is 31.9 Å². The lowest BCUT2D eigenvalue weighted by molar-refractivity contribution is 0.0627. The zero-order chi connectivity index (χ0) is 19.9. The molecule has 0 saturated heterocycles. The zero-order valence-electron chi connectivity index (χ0n) is 16.9. The molecule has 0 aromatic heterocycles. The fraction of sp³-hybridized carbons (Fsp3) is 0.455. The number of hydrogen-bond donors (Lipinski definition) is 2. The van der Waals surface area contributed by atoms with Gasteiger partial charge in [0.1, 0.15) is 0 Å². The highest BCUT2D eigenvalue weighted by Gasteiger charge is 2.49. The van der Waals surface area contributed by atoms with Crippen molar-refractivity contribution < 1.29 is 14.6 Å². The molecule has 4 nitrogen and oxygen atoms in total. The maximum atomic E-state index is 9.65. The summed E-state index contributed by atoms with van der Waals surface area (Å²) in [5.74, 6) is 0. The van der Waals surface area contributed by atoms with Gasteiger partial charge in [0.15, 0.2) is 0 Å². The third-order valence-corrected chi connectivity index (χ3v) is 9.98. The first-order valence-electron chi connectivity index (χ1n) is 9.53. The van der Waals surface area contributed by atoms with Crippen molar-refractivity contribution in [2.75, 3.05) is 33.4 Å². The number of aliphatic hydroxyl groups is 2. The fourth-order valence-electron chi connectivity index (χ4n) is 3.62. The van der Waals surface area contributed by atoms with Crippen molar-refractivity contribution in [3.63, 3.8) is 0 Å². The van der Waals surface area contributed by atoms with E-state index in [9.17, 15) is 5.11 Å². The van der Waals surface area contributed by atoms with Crippen LogP contribution < -0.4 is 10.4 Å². The molecule has 0 aliphatic heterocycles. The van der Waals surface area contributed by atoms with E-state index in [2.05, 4.69) is 69.3 Å². The predicted octanol–water partition coefficient (Wildman–Crippen LogP) is 1.85. The Bertz CT molecular complexity index is 633. The Morgan fingerprint density at radius 3 is 1.85 bits per heavy atom. The van der Waals surface area contributed by atoms with E-state index in [-0.39, 0.29) is 11.6 Å². The summed E-state index contributed by atoms with van der Waals surface area (Å²) >= 11 is 0. The third kappa shape index (κ3) is 5.27. The van der Waals surface area contributed by atoms with Gasteiger partial charge in [0, 0.05) is 19.7 Å². The van der Waals surface area contributed by atoms with Crippen molar-refractivity contribution in [3.05, 3.63) is 60.7 Å². The van der Waals surface area contributed by atoms with Crippen molar-refractivity contribution in [3.8, 4) is 0 Å². The fourth-order valence-corrected chi connectivity index (χ4v) is 8.18. The van der Waals surface area contributed by atoms with Gasteiger partial charge in [-0.25, -0.2) is 0 Å². The molecule has 1 atom stereocenters. The summed E-state index contributed by atoms with van der Waals surface area (Å²) in [5.41, 5.74) is 0. The second-order valence-corrected chi connectivity index (χ2v) is 12.4. The molecule has 27 heavy (non-hydrogen) atoms. The van der Waals surface area contributed by atoms with Crippen LogP contribution in [0.5, 0.6) is 0 Å². The first-order valence-corrected chi connectivity index (χ1v) is 11.4. The van der Waals surface area contributed by atoms with Gasteiger partial charge in [-0.05, 0) is 22.5 Å². The molecule has 2 aromatic rings. The summed E-state index contributed by atoms with van der Waals surface area (Å²) in [5, 5.41) is 21.2. The van der Waals surface area contributed by atoms with E-state index in [1.54, 1.807) is 0 Å². The Balaban J connectivity index is 2.33. The highest BCUT2D eigenvalue weighted by molar-refractivity contribution is 6.99. The van der Waals surface area contributed by atoms with Crippen LogP contribution in [0.1, 0.15) is 20.8 Å². The summed E-state index contributed by atoms with van der Waals surface area (Å²) in [6, 6.07) is 21.1. The molecule has 0 bridgehead atoms. The second kappa shape index (κ2) is 9.62. The summed E-state index contributed by atoms with van der Waals surface area (Å²) in [6.07, 6.45) is -0.720. The second-order valence-electron chi connectivity index (χ2n) is 8.11. The van der Waals surface area contributed by atoms with E-state index in [0.29, 0.717) is 19.7 Å². The minimum absolute atomic E-state index is 0.0428. The van der Waals surface area contributed by atoms with E-state index >= 15 is 0 Å². The van der Waals surface area contributed by atoms with E-state index in [1.807, 2.05) is 24.1 Å². The Morgan fingerprint density at radius 1 is 0.963 bits per heavy atom. The lowest BCUT2D eigenvalue weighted by Crippen LogP contribution is -2.67. The zero-order valence-corrected chi connectivity index (χ0v) is 17.9. The summed E-state index contributed by atoms with van der Waals surface area (Å²) in [6.45, 7) is 8.26. The van der Waals surface area contributed by atoms with Crippen molar-refractivity contribution in [2.24, 2.45) is 0 Å². The van der Waals surface area contributed by atoms with E-state index in [1.165, 1.54) is 10.4 Å². The monoisotopic (exact) mass is 387 g/mol. The van der Waals surface area contributed by atoms with Crippen LogP contribution in [0.4, 0.5) is 0 Å². The molecular weight excluding hydrogens is 354 g/mol. The van der Waals surface area contributed by atoms with Crippen LogP contribution in [0.25, 0.3) is 0 Å². The molecule has 0 radical (unpaired) electrons. The largest absolute Gasteiger partial charge is 0.406 e. The van der Waals surface area contributed by atoms with Crippen molar-refractivity contribution in [1.29, 1.82) is 0 Å². The highest BCUT2D eigenvalue weighted by Crippen LogP contribution is 2.36. The number of rotatable bonds is 9. The van der Waals surface area contributed by atoms with Gasteiger partial charge in [-0.3, -0.25) is 0 Å². The number of hydrogen-bond acceptors (Lipinski definition) is 4. The average molecular weight is 388 g/mol. The quantitative estimate of drug-likeness (QED) is 0.645. The molecule has 0 spiro atoms. The molecule has 5 heteroatoms. The topological polar surface area (TPSA) is 52.9 Å². The first-order chi connectivity index (χ1) is 12.8. The maximum Gasteiger partial charge on any atom is 0.261 e. The predicted molar refractivity (Wildman–Crippen MR) is 114 cm³/mol. The van der Waals surface area contributed by atoms with Gasteiger partial charge in [-0.1, -0.05) is 81.4 Å². The Hall–Kier alpha value is -1.50. The molecule has 0 heterocycles. The van der Waals surface area contributed by atoms with Gasteiger partial charge < -0.3 is 19.5 Å². The lowest BCUT2D eigenvalue weighted by Gasteiger charge is -2.43. The number of aliphatic hydroxyl groups excluding tert-OH is 2. The van der Waals surface area contributed by atoms with Crippen LogP contribution in [0.2, 0.25) is 5.04 Å². The van der Waals surface area contributed by atoms with E-state index < -0.39 is 14.4 Å². The summed E-state index contributed by atoms with van der Waals surface area (Å²) < 4.78 is 6.81. The molecule has 2 N–H and O–H groups in total.